The third-order valence-electron chi connectivity index (χ3n) is 12.8. The maximum absolute atomic E-state index is 12.1. The van der Waals surface area contributed by atoms with Crippen molar-refractivity contribution in [2.75, 3.05) is 124 Å². The molecule has 0 radical (unpaired) electrons. The molecule has 5 aromatic rings. The van der Waals surface area contributed by atoms with Crippen molar-refractivity contribution in [3.8, 4) is 34.5 Å². The van der Waals surface area contributed by atoms with Gasteiger partial charge in [0.1, 0.15) is 77.7 Å². The summed E-state index contributed by atoms with van der Waals surface area (Å²) in [7, 11) is 1.00. The number of hydrogen-bond donors (Lipinski definition) is 3. The number of aromatic hydroxyl groups is 2. The molecule has 3 heterocycles. The molecule has 3 amide bonds. The smallest absolute Gasteiger partial charge is 0.410 e. The van der Waals surface area contributed by atoms with Crippen LogP contribution in [0.4, 0.5) is 14.4 Å². The second kappa shape index (κ2) is 37.4. The summed E-state index contributed by atoms with van der Waals surface area (Å²) < 4.78 is 39.0. The van der Waals surface area contributed by atoms with E-state index >= 15 is 0 Å². The van der Waals surface area contributed by atoms with Gasteiger partial charge in [-0.1, -0.05) is 60.7 Å². The van der Waals surface area contributed by atoms with Gasteiger partial charge in [-0.3, -0.25) is 14.7 Å². The fourth-order valence-corrected chi connectivity index (χ4v) is 8.58. The predicted molar refractivity (Wildman–Crippen MR) is 337 cm³/mol. The van der Waals surface area contributed by atoms with Crippen molar-refractivity contribution in [1.29, 1.82) is 0 Å². The number of piperazine rings is 3. The number of benzene rings is 5. The molecule has 474 valence electrons. The first-order valence-electron chi connectivity index (χ1n) is 29.4. The number of nitrogens with zero attached hydrogens (tertiary/aromatic N) is 6. The first-order chi connectivity index (χ1) is 41.0. The Morgan fingerprint density at radius 2 is 0.640 bits per heavy atom. The molecule has 3 saturated heterocycles. The van der Waals surface area contributed by atoms with Crippen molar-refractivity contribution >= 4 is 29.9 Å². The van der Waals surface area contributed by atoms with Crippen LogP contribution in [0.3, 0.4) is 0 Å². The zero-order valence-corrected chi connectivity index (χ0v) is 53.1. The molecule has 3 N–H and O–H groups in total. The van der Waals surface area contributed by atoms with Crippen LogP contribution >= 0.6 is 11.6 Å². The van der Waals surface area contributed by atoms with Crippen LogP contribution in [0.15, 0.2) is 133 Å². The molecular weight excluding hydrogens is 1120 g/mol. The summed E-state index contributed by atoms with van der Waals surface area (Å²) in [6.45, 7) is 31.0. The van der Waals surface area contributed by atoms with Crippen molar-refractivity contribution < 1.29 is 62.9 Å². The number of aliphatic hydroxyl groups is 1. The number of carbonyl (C=O) groups is 3. The molecule has 3 aliphatic heterocycles. The van der Waals surface area contributed by atoms with Crippen molar-refractivity contribution in [3.05, 3.63) is 145 Å². The Kier molecular flexibility index (Phi) is 31.0. The Bertz CT molecular complexity index is 2630. The number of ether oxygens (including phenoxy) is 7. The molecule has 0 unspecified atom stereocenters. The Hall–Kier alpha value is -7.16. The van der Waals surface area contributed by atoms with Crippen LogP contribution in [0.25, 0.3) is 0 Å². The summed E-state index contributed by atoms with van der Waals surface area (Å²) in [5.74, 6) is 4.29. The Labute approximate surface area is 515 Å². The first-order valence-corrected chi connectivity index (χ1v) is 29.9. The number of halogens is 1. The number of carbonyl (C=O) groups excluding carboxylic acids is 3. The number of rotatable bonds is 16. The fourth-order valence-electron chi connectivity index (χ4n) is 8.34. The van der Waals surface area contributed by atoms with Gasteiger partial charge in [-0.05, 0) is 146 Å². The summed E-state index contributed by atoms with van der Waals surface area (Å²) in [4.78, 5) is 48.0. The number of aliphatic hydroxyl groups excluding tert-OH is 1. The van der Waals surface area contributed by atoms with E-state index in [1.807, 2.05) is 147 Å². The quantitative estimate of drug-likeness (QED) is 0.0623. The Morgan fingerprint density at radius 1 is 0.384 bits per heavy atom. The van der Waals surface area contributed by atoms with E-state index in [1.54, 1.807) is 63.2 Å². The summed E-state index contributed by atoms with van der Waals surface area (Å²) in [5.41, 5.74) is 0.955. The highest BCUT2D eigenvalue weighted by Crippen LogP contribution is 2.21. The molecule has 3 fully saturated rings. The molecule has 5 aromatic carbocycles. The van der Waals surface area contributed by atoms with E-state index in [4.69, 9.17) is 55.0 Å². The van der Waals surface area contributed by atoms with Crippen molar-refractivity contribution in [1.82, 2.24) is 29.4 Å². The molecule has 3 aliphatic rings. The average molecular weight is 1220 g/mol. The molecule has 19 nitrogen and oxygen atoms in total. The molecule has 86 heavy (non-hydrogen) atoms. The normalized spacial score (nSPS) is 14.8. The van der Waals surface area contributed by atoms with Crippen molar-refractivity contribution in [2.45, 2.75) is 92.3 Å². The van der Waals surface area contributed by atoms with E-state index in [2.05, 4.69) is 14.7 Å². The summed E-state index contributed by atoms with van der Waals surface area (Å²) >= 11 is 5.67. The molecule has 0 saturated carbocycles. The van der Waals surface area contributed by atoms with Gasteiger partial charge in [-0.25, -0.2) is 14.4 Å². The van der Waals surface area contributed by atoms with E-state index in [9.17, 15) is 19.5 Å². The third kappa shape index (κ3) is 30.3. The van der Waals surface area contributed by atoms with Crippen LogP contribution in [0, 0.1) is 0 Å². The number of hydrogen-bond acceptors (Lipinski definition) is 16. The van der Waals surface area contributed by atoms with Gasteiger partial charge >= 0.3 is 18.3 Å². The molecule has 8 rings (SSSR count). The highest BCUT2D eigenvalue weighted by atomic mass is 35.5. The van der Waals surface area contributed by atoms with Gasteiger partial charge in [0.25, 0.3) is 0 Å². The zero-order chi connectivity index (χ0) is 63.0. The predicted octanol–water partition coefficient (Wildman–Crippen LogP) is 10.9. The van der Waals surface area contributed by atoms with Gasteiger partial charge in [0.2, 0.25) is 0 Å². The summed E-state index contributed by atoms with van der Waals surface area (Å²) in [5, 5.41) is 25.3. The number of phenols is 2. The Balaban J connectivity index is 0.000000252. The zero-order valence-electron chi connectivity index (χ0n) is 52.3. The minimum Gasteiger partial charge on any atom is -0.508 e. The standard InChI is InChI=1S/C24H32N2O4.C17H26N2O4.C13H12O2.C11H21ClN2O2.CH4O/c1-24(2,3)30-23(27)26-15-13-25(14-16-26)17-18-28-21-9-11-22(12-10-21)29-19-20-7-5-4-6-8-20;1-17(2,3)23-16(21)19-10-8-18(9-11-19)12-13-22-15-6-4-14(20)5-7-15;14-12-6-8-13(9-7-12)15-10-11-4-2-1-3-5-11;1-11(2,3)16-10(15)14-8-6-13(5-4-12)7-9-14;1-2/h4-12H,13-19H2,1-3H3;4-7,20H,8-13H2,1-3H3;1-9,14H,10H2;4-9H2,1-3H3;2H,1H3. The van der Waals surface area contributed by atoms with Crippen LogP contribution in [-0.4, -0.2) is 204 Å². The number of phenolic OH excluding ortho intramolecular Hbond substituents is 2. The van der Waals surface area contributed by atoms with Crippen LogP contribution < -0.4 is 18.9 Å². The highest BCUT2D eigenvalue weighted by Gasteiger charge is 2.28. The largest absolute Gasteiger partial charge is 0.508 e. The maximum atomic E-state index is 12.1. The highest BCUT2D eigenvalue weighted by molar-refractivity contribution is 6.18. The monoisotopic (exact) mass is 1210 g/mol. The lowest BCUT2D eigenvalue weighted by Gasteiger charge is -2.35. The SMILES string of the molecule is CC(C)(C)OC(=O)N1CCN(CCCl)CC1.CC(C)(C)OC(=O)N1CCN(CCOc2ccc(O)cc2)CC1.CC(C)(C)OC(=O)N1CCN(CCOc2ccc(OCc3ccccc3)cc2)CC1.CO.Oc1ccc(OCc2ccccc2)cc1. The Morgan fingerprint density at radius 3 is 0.907 bits per heavy atom. The minimum absolute atomic E-state index is 0.210. The molecule has 20 heteroatoms. The fraction of sp³-hybridized carbons (Fsp3) is 0.500. The molecule has 0 atom stereocenters. The molecular formula is C66H95ClN6O13. The van der Waals surface area contributed by atoms with Crippen LogP contribution in [0.1, 0.15) is 73.4 Å². The van der Waals surface area contributed by atoms with Crippen molar-refractivity contribution in [2.24, 2.45) is 0 Å². The van der Waals surface area contributed by atoms with Crippen LogP contribution in [0.2, 0.25) is 0 Å². The van der Waals surface area contributed by atoms with Crippen LogP contribution in [-0.2, 0) is 27.4 Å². The van der Waals surface area contributed by atoms with Gasteiger partial charge in [0.15, 0.2) is 0 Å². The van der Waals surface area contributed by atoms with Gasteiger partial charge in [0, 0.05) is 111 Å². The van der Waals surface area contributed by atoms with Gasteiger partial charge < -0.3 is 63.2 Å². The van der Waals surface area contributed by atoms with Crippen LogP contribution in [0.5, 0.6) is 34.5 Å². The molecule has 0 aromatic heterocycles. The lowest BCUT2D eigenvalue weighted by Crippen LogP contribution is -2.50. The maximum Gasteiger partial charge on any atom is 0.410 e. The van der Waals surface area contributed by atoms with Gasteiger partial charge in [-0.2, -0.15) is 0 Å². The second-order valence-corrected chi connectivity index (χ2v) is 23.7. The topological polar surface area (TPSA) is 196 Å². The lowest BCUT2D eigenvalue weighted by molar-refractivity contribution is 0.0127. The lowest BCUT2D eigenvalue weighted by atomic mass is 10.2. The van der Waals surface area contributed by atoms with Crippen molar-refractivity contribution in [3.63, 3.8) is 0 Å². The number of alkyl halides is 1. The van der Waals surface area contributed by atoms with E-state index < -0.39 is 16.8 Å². The third-order valence-corrected chi connectivity index (χ3v) is 13.0. The molecule has 0 aliphatic carbocycles. The average Bonchev–Trinajstić information content (AvgIpc) is 3.68. The summed E-state index contributed by atoms with van der Waals surface area (Å²) in [6.07, 6.45) is -0.677. The van der Waals surface area contributed by atoms with E-state index in [-0.39, 0.29) is 29.8 Å². The van der Waals surface area contributed by atoms with E-state index in [0.29, 0.717) is 58.5 Å². The second-order valence-electron chi connectivity index (χ2n) is 23.3. The first kappa shape index (κ1) is 71.3. The van der Waals surface area contributed by atoms with E-state index in [0.717, 1.165) is 113 Å². The van der Waals surface area contributed by atoms with Gasteiger partial charge in [0.05, 0.1) is 0 Å². The molecule has 0 spiro atoms. The summed E-state index contributed by atoms with van der Waals surface area (Å²) in [6, 6.07) is 41.2. The minimum atomic E-state index is -0.454. The van der Waals surface area contributed by atoms with E-state index in [1.165, 1.54) is 0 Å². The number of amides is 3. The van der Waals surface area contributed by atoms with Gasteiger partial charge in [-0.15, -0.1) is 11.6 Å². The molecule has 0 bridgehead atoms.